The van der Waals surface area contributed by atoms with E-state index in [4.69, 9.17) is 5.11 Å². The molecule has 178 valence electrons. The van der Waals surface area contributed by atoms with Crippen molar-refractivity contribution in [3.05, 3.63) is 0 Å². The second-order valence-corrected chi connectivity index (χ2v) is 8.96. The van der Waals surface area contributed by atoms with Gasteiger partial charge in [-0.15, -0.1) is 0 Å². The van der Waals surface area contributed by atoms with Gasteiger partial charge in [0, 0.05) is 19.3 Å². The van der Waals surface area contributed by atoms with Crippen molar-refractivity contribution in [1.82, 2.24) is 0 Å². The summed E-state index contributed by atoms with van der Waals surface area (Å²) in [4.78, 5) is 10.4. The number of hydrogen-bond donors (Lipinski definition) is 1. The maximum atomic E-state index is 10.4. The summed E-state index contributed by atoms with van der Waals surface area (Å²) >= 11 is 0. The van der Waals surface area contributed by atoms with Crippen LogP contribution in [0.1, 0.15) is 155 Å². The highest BCUT2D eigenvalue weighted by molar-refractivity contribution is 5.66. The van der Waals surface area contributed by atoms with Crippen molar-refractivity contribution in [3.63, 3.8) is 0 Å². The minimum absolute atomic E-state index is 0.315. The van der Waals surface area contributed by atoms with Crippen LogP contribution in [0.25, 0.3) is 0 Å². The molecule has 31 heavy (non-hydrogen) atoms. The Labute approximate surface area is 194 Å². The Morgan fingerprint density at radius 3 is 1.19 bits per heavy atom. The lowest BCUT2D eigenvalue weighted by Crippen LogP contribution is -1.93. The van der Waals surface area contributed by atoms with Crippen molar-refractivity contribution in [2.75, 3.05) is 0 Å². The van der Waals surface area contributed by atoms with Gasteiger partial charge in [-0.2, -0.15) is 0 Å². The van der Waals surface area contributed by atoms with Crippen LogP contribution in [0.4, 0.5) is 0 Å². The number of hydrogen-bond acceptors (Lipinski definition) is 1. The molecule has 0 aromatic rings. The fraction of sp³-hybridized carbons (Fsp3) is 0.828. The molecular formula is C29H50O2. The van der Waals surface area contributed by atoms with E-state index >= 15 is 0 Å². The quantitative estimate of drug-likeness (QED) is 0.137. The number of rotatable bonds is 22. The number of carboxylic acids is 1. The predicted octanol–water partition coefficient (Wildman–Crippen LogP) is 9.07. The molecule has 2 heteroatoms. The average molecular weight is 431 g/mol. The maximum absolute atomic E-state index is 10.4. The first-order valence-corrected chi connectivity index (χ1v) is 13.4. The van der Waals surface area contributed by atoms with Gasteiger partial charge >= 0.3 is 5.97 Å². The summed E-state index contributed by atoms with van der Waals surface area (Å²) in [5, 5.41) is 8.58. The van der Waals surface area contributed by atoms with Crippen LogP contribution in [0, 0.1) is 23.7 Å². The summed E-state index contributed by atoms with van der Waals surface area (Å²) < 4.78 is 0. The molecule has 0 aliphatic heterocycles. The molecule has 0 fully saturated rings. The van der Waals surface area contributed by atoms with Gasteiger partial charge in [0.1, 0.15) is 0 Å². The lowest BCUT2D eigenvalue weighted by Gasteiger charge is -2.02. The molecule has 0 saturated heterocycles. The van der Waals surface area contributed by atoms with Crippen molar-refractivity contribution in [2.24, 2.45) is 0 Å². The predicted molar refractivity (Wildman–Crippen MR) is 135 cm³/mol. The van der Waals surface area contributed by atoms with Crippen molar-refractivity contribution >= 4 is 5.97 Å². The second kappa shape index (κ2) is 26.6. The van der Waals surface area contributed by atoms with Gasteiger partial charge < -0.3 is 5.11 Å². The number of aliphatic carboxylic acids is 1. The topological polar surface area (TPSA) is 37.3 Å². The zero-order valence-corrected chi connectivity index (χ0v) is 20.6. The Hall–Kier alpha value is -1.41. The van der Waals surface area contributed by atoms with Gasteiger partial charge in [0.05, 0.1) is 0 Å². The first kappa shape index (κ1) is 29.6. The van der Waals surface area contributed by atoms with Crippen LogP contribution in [-0.2, 0) is 4.79 Å². The highest BCUT2D eigenvalue weighted by Gasteiger charge is 1.96. The third kappa shape index (κ3) is 28.6. The SMILES string of the molecule is CCCCCCCCCCCCCCCC#CC#CCCCCCCCCCC(=O)O. The smallest absolute Gasteiger partial charge is 0.303 e. The van der Waals surface area contributed by atoms with E-state index in [0.29, 0.717) is 6.42 Å². The van der Waals surface area contributed by atoms with Crippen LogP contribution >= 0.6 is 0 Å². The average Bonchev–Trinajstić information content (AvgIpc) is 2.76. The molecule has 0 spiro atoms. The Balaban J connectivity index is 3.22. The molecular weight excluding hydrogens is 380 g/mol. The molecule has 0 heterocycles. The molecule has 0 amide bonds. The van der Waals surface area contributed by atoms with Crippen LogP contribution in [0.3, 0.4) is 0 Å². The molecule has 0 radical (unpaired) electrons. The lowest BCUT2D eigenvalue weighted by atomic mass is 10.0. The normalized spacial score (nSPS) is 10.2. The molecule has 1 N–H and O–H groups in total. The Kier molecular flexibility index (Phi) is 25.4. The van der Waals surface area contributed by atoms with Crippen LogP contribution in [-0.4, -0.2) is 11.1 Å². The number of carbonyl (C=O) groups is 1. The van der Waals surface area contributed by atoms with Crippen molar-refractivity contribution in [3.8, 4) is 23.7 Å². The van der Waals surface area contributed by atoms with E-state index in [9.17, 15) is 4.79 Å². The summed E-state index contributed by atoms with van der Waals surface area (Å²) in [7, 11) is 0. The molecule has 0 aromatic heterocycles. The monoisotopic (exact) mass is 430 g/mol. The van der Waals surface area contributed by atoms with Crippen molar-refractivity contribution in [1.29, 1.82) is 0 Å². The second-order valence-electron chi connectivity index (χ2n) is 8.96. The minimum Gasteiger partial charge on any atom is -0.481 e. The van der Waals surface area contributed by atoms with Gasteiger partial charge in [-0.1, -0.05) is 128 Å². The van der Waals surface area contributed by atoms with Gasteiger partial charge in [-0.3, -0.25) is 4.79 Å². The van der Waals surface area contributed by atoms with Crippen LogP contribution in [0.15, 0.2) is 0 Å². The van der Waals surface area contributed by atoms with E-state index in [-0.39, 0.29) is 0 Å². The molecule has 2 nitrogen and oxygen atoms in total. The van der Waals surface area contributed by atoms with Gasteiger partial charge in [0.15, 0.2) is 0 Å². The van der Waals surface area contributed by atoms with Crippen molar-refractivity contribution in [2.45, 2.75) is 155 Å². The maximum Gasteiger partial charge on any atom is 0.303 e. The third-order valence-corrected chi connectivity index (χ3v) is 5.84. The summed E-state index contributed by atoms with van der Waals surface area (Å²) in [5.74, 6) is 11.7. The third-order valence-electron chi connectivity index (χ3n) is 5.84. The van der Waals surface area contributed by atoms with E-state index in [0.717, 1.165) is 38.5 Å². The van der Waals surface area contributed by atoms with Crippen LogP contribution in [0.2, 0.25) is 0 Å². The van der Waals surface area contributed by atoms with E-state index in [1.165, 1.54) is 103 Å². The fourth-order valence-corrected chi connectivity index (χ4v) is 3.82. The largest absolute Gasteiger partial charge is 0.481 e. The van der Waals surface area contributed by atoms with Crippen LogP contribution in [0.5, 0.6) is 0 Å². The molecule has 0 aromatic carbocycles. The van der Waals surface area contributed by atoms with Gasteiger partial charge in [0.2, 0.25) is 0 Å². The molecule has 0 rings (SSSR count). The zero-order chi connectivity index (χ0) is 22.7. The van der Waals surface area contributed by atoms with E-state index in [1.807, 2.05) is 0 Å². The molecule has 0 saturated carbocycles. The Morgan fingerprint density at radius 1 is 0.516 bits per heavy atom. The fourth-order valence-electron chi connectivity index (χ4n) is 3.82. The first-order chi connectivity index (χ1) is 15.3. The Bertz CT molecular complexity index is 500. The zero-order valence-electron chi connectivity index (χ0n) is 20.6. The summed E-state index contributed by atoms with van der Waals surface area (Å²) in [6, 6.07) is 0. The van der Waals surface area contributed by atoms with E-state index < -0.39 is 5.97 Å². The van der Waals surface area contributed by atoms with Gasteiger partial charge in [-0.25, -0.2) is 0 Å². The molecule has 0 aliphatic carbocycles. The highest BCUT2D eigenvalue weighted by Crippen LogP contribution is 2.13. The molecule has 0 unspecified atom stereocenters. The van der Waals surface area contributed by atoms with Gasteiger partial charge in [-0.05, 0) is 31.1 Å². The standard InChI is InChI=1S/C29H50O2/c1-2-3-4-5-6-7-8-9-10-11-12-13-14-15-16-17-18-19-20-21-22-23-24-25-26-27-28-29(30)31/h2-15,20-28H2,1H3,(H,30,31). The summed E-state index contributed by atoms with van der Waals surface area (Å²) in [6.07, 6.45) is 28.2. The first-order valence-electron chi connectivity index (χ1n) is 13.4. The van der Waals surface area contributed by atoms with E-state index in [1.54, 1.807) is 0 Å². The van der Waals surface area contributed by atoms with Crippen molar-refractivity contribution < 1.29 is 9.90 Å². The Morgan fingerprint density at radius 2 is 0.839 bits per heavy atom. The number of carboxylic acid groups (broad SMARTS) is 1. The molecule has 0 atom stereocenters. The molecule has 0 aliphatic rings. The van der Waals surface area contributed by atoms with Gasteiger partial charge in [0.25, 0.3) is 0 Å². The minimum atomic E-state index is -0.675. The van der Waals surface area contributed by atoms with E-state index in [2.05, 4.69) is 30.6 Å². The molecule has 0 bridgehead atoms. The lowest BCUT2D eigenvalue weighted by molar-refractivity contribution is -0.137. The highest BCUT2D eigenvalue weighted by atomic mass is 16.4. The number of unbranched alkanes of at least 4 members (excludes halogenated alkanes) is 20. The van der Waals surface area contributed by atoms with Crippen LogP contribution < -0.4 is 0 Å². The summed E-state index contributed by atoms with van der Waals surface area (Å²) in [5.41, 5.74) is 0. The summed E-state index contributed by atoms with van der Waals surface area (Å²) in [6.45, 7) is 2.28.